The molecule has 2 heterocycles. The lowest BCUT2D eigenvalue weighted by molar-refractivity contribution is 0.100. The Balaban J connectivity index is 1.63. The highest BCUT2D eigenvalue weighted by Crippen LogP contribution is 2.36. The summed E-state index contributed by atoms with van der Waals surface area (Å²) in [4.78, 5) is 14.5. The lowest BCUT2D eigenvalue weighted by Gasteiger charge is -2.34. The van der Waals surface area contributed by atoms with Crippen LogP contribution in [0.5, 0.6) is 11.5 Å². The van der Waals surface area contributed by atoms with Crippen LogP contribution in [0, 0.1) is 0 Å². The smallest absolute Gasteiger partial charge is 0.322 e. The van der Waals surface area contributed by atoms with Crippen LogP contribution in [0.3, 0.4) is 0 Å². The zero-order valence-corrected chi connectivity index (χ0v) is 15.3. The second kappa shape index (κ2) is 7.95. The van der Waals surface area contributed by atoms with Crippen molar-refractivity contribution in [2.75, 3.05) is 25.2 Å². The molecule has 6 heteroatoms. The molecule has 0 spiro atoms. The summed E-state index contributed by atoms with van der Waals surface area (Å²) in [7, 11) is 1.62. The number of methoxy groups -OCH3 is 1. The molecule has 1 fully saturated rings. The molecule has 0 aliphatic carbocycles. The van der Waals surface area contributed by atoms with Crippen LogP contribution < -0.4 is 19.7 Å². The predicted molar refractivity (Wildman–Crippen MR) is 96.6 cm³/mol. The molecule has 1 aromatic rings. The number of fused-ring (bicyclic) bond motifs is 1. The second-order valence-electron chi connectivity index (χ2n) is 6.94. The first kappa shape index (κ1) is 17.9. The van der Waals surface area contributed by atoms with Crippen LogP contribution in [0.2, 0.25) is 0 Å². The van der Waals surface area contributed by atoms with E-state index in [1.807, 2.05) is 32.0 Å². The molecule has 0 aromatic heterocycles. The van der Waals surface area contributed by atoms with Gasteiger partial charge in [0.15, 0.2) is 0 Å². The molecule has 0 radical (unpaired) electrons. The van der Waals surface area contributed by atoms with E-state index in [1.165, 1.54) is 0 Å². The Morgan fingerprint density at radius 1 is 1.48 bits per heavy atom. The van der Waals surface area contributed by atoms with Gasteiger partial charge in [-0.2, -0.15) is 0 Å². The maximum absolute atomic E-state index is 12.8. The van der Waals surface area contributed by atoms with E-state index in [-0.39, 0.29) is 18.2 Å². The zero-order valence-electron chi connectivity index (χ0n) is 15.3. The Kier molecular flexibility index (Phi) is 5.68. The third-order valence-corrected chi connectivity index (χ3v) is 4.79. The zero-order chi connectivity index (χ0) is 17.8. The average Bonchev–Trinajstić information content (AvgIpc) is 3.12. The van der Waals surface area contributed by atoms with Crippen LogP contribution in [0.15, 0.2) is 18.2 Å². The fourth-order valence-electron chi connectivity index (χ4n) is 3.41. The average molecular weight is 348 g/mol. The van der Waals surface area contributed by atoms with Crippen molar-refractivity contribution in [3.63, 3.8) is 0 Å². The maximum Gasteiger partial charge on any atom is 0.322 e. The monoisotopic (exact) mass is 348 g/mol. The summed E-state index contributed by atoms with van der Waals surface area (Å²) in [5.74, 6) is 1.42. The topological polar surface area (TPSA) is 60.0 Å². The molecule has 2 aliphatic heterocycles. The van der Waals surface area contributed by atoms with E-state index in [0.717, 1.165) is 38.0 Å². The minimum absolute atomic E-state index is 0.0474. The number of hydrogen-bond donors (Lipinski definition) is 1. The Morgan fingerprint density at radius 2 is 2.32 bits per heavy atom. The Morgan fingerprint density at radius 3 is 3.04 bits per heavy atom. The van der Waals surface area contributed by atoms with E-state index in [2.05, 4.69) is 5.32 Å². The Bertz CT molecular complexity index is 601. The number of nitrogens with zero attached hydrogens (tertiary/aromatic N) is 1. The number of benzene rings is 1. The van der Waals surface area contributed by atoms with Crippen molar-refractivity contribution in [1.29, 1.82) is 0 Å². The summed E-state index contributed by atoms with van der Waals surface area (Å²) in [6, 6.07) is 5.55. The highest BCUT2D eigenvalue weighted by Gasteiger charge is 2.29. The Hall–Kier alpha value is -1.95. The first-order chi connectivity index (χ1) is 12.1. The lowest BCUT2D eigenvalue weighted by atomic mass is 10.1. The summed E-state index contributed by atoms with van der Waals surface area (Å²) >= 11 is 0. The first-order valence-electron chi connectivity index (χ1n) is 9.11. The van der Waals surface area contributed by atoms with Gasteiger partial charge in [0.05, 0.1) is 25.4 Å². The highest BCUT2D eigenvalue weighted by atomic mass is 16.5. The number of carbonyl (C=O) groups is 1. The van der Waals surface area contributed by atoms with Crippen LogP contribution in [-0.4, -0.2) is 44.5 Å². The van der Waals surface area contributed by atoms with Crippen molar-refractivity contribution >= 4 is 11.7 Å². The molecule has 1 aromatic carbocycles. The van der Waals surface area contributed by atoms with Gasteiger partial charge in [0.25, 0.3) is 0 Å². The van der Waals surface area contributed by atoms with E-state index in [4.69, 9.17) is 14.2 Å². The fraction of sp³-hybridized carbons (Fsp3) is 0.632. The molecular formula is C19H28N2O4. The molecule has 1 N–H and O–H groups in total. The molecule has 0 saturated carbocycles. The van der Waals surface area contributed by atoms with Crippen molar-refractivity contribution in [2.24, 2.45) is 0 Å². The van der Waals surface area contributed by atoms with Crippen LogP contribution in [0.25, 0.3) is 0 Å². The summed E-state index contributed by atoms with van der Waals surface area (Å²) < 4.78 is 16.8. The summed E-state index contributed by atoms with van der Waals surface area (Å²) in [5.41, 5.74) is 0.751. The van der Waals surface area contributed by atoms with Crippen LogP contribution in [-0.2, 0) is 4.74 Å². The predicted octanol–water partition coefficient (Wildman–Crippen LogP) is 3.34. The van der Waals surface area contributed by atoms with Gasteiger partial charge in [0, 0.05) is 18.7 Å². The van der Waals surface area contributed by atoms with Gasteiger partial charge >= 0.3 is 6.03 Å². The highest BCUT2D eigenvalue weighted by molar-refractivity contribution is 5.94. The number of carbonyl (C=O) groups excluding carboxylic acids is 1. The van der Waals surface area contributed by atoms with E-state index >= 15 is 0 Å². The van der Waals surface area contributed by atoms with Crippen LogP contribution in [0.4, 0.5) is 10.5 Å². The quantitative estimate of drug-likeness (QED) is 0.887. The van der Waals surface area contributed by atoms with Gasteiger partial charge in [-0.15, -0.1) is 0 Å². The normalized spacial score (nSPS) is 23.6. The van der Waals surface area contributed by atoms with Crippen LogP contribution in [0.1, 0.15) is 39.5 Å². The number of hydrogen-bond acceptors (Lipinski definition) is 4. The lowest BCUT2D eigenvalue weighted by Crippen LogP contribution is -2.49. The van der Waals surface area contributed by atoms with Crippen molar-refractivity contribution in [3.8, 4) is 11.5 Å². The molecule has 2 aliphatic rings. The number of amides is 2. The molecule has 6 nitrogen and oxygen atoms in total. The largest absolute Gasteiger partial charge is 0.497 e. The van der Waals surface area contributed by atoms with E-state index < -0.39 is 0 Å². The molecule has 0 bridgehead atoms. The molecule has 3 rings (SSSR count). The van der Waals surface area contributed by atoms with Gasteiger partial charge in [-0.3, -0.25) is 4.90 Å². The van der Waals surface area contributed by atoms with Gasteiger partial charge in [-0.25, -0.2) is 4.79 Å². The number of anilines is 1. The minimum Gasteiger partial charge on any atom is -0.497 e. The van der Waals surface area contributed by atoms with Crippen molar-refractivity contribution in [3.05, 3.63) is 18.2 Å². The third kappa shape index (κ3) is 4.37. The van der Waals surface area contributed by atoms with Crippen LogP contribution >= 0.6 is 0 Å². The van der Waals surface area contributed by atoms with Gasteiger partial charge < -0.3 is 19.5 Å². The summed E-state index contributed by atoms with van der Waals surface area (Å²) in [5, 5.41) is 3.11. The number of rotatable bonds is 5. The van der Waals surface area contributed by atoms with Crippen molar-refractivity contribution in [1.82, 2.24) is 5.32 Å². The minimum atomic E-state index is -0.0931. The van der Waals surface area contributed by atoms with E-state index in [0.29, 0.717) is 24.1 Å². The van der Waals surface area contributed by atoms with E-state index in [1.54, 1.807) is 12.0 Å². The standard InChI is InChI=1S/C19H28N2O4/c1-13(6-7-15-5-4-10-24-15)20-19(22)21-12-14(2)25-18-9-8-16(23-3)11-17(18)21/h8-9,11,13-15H,4-7,10,12H2,1-3H3,(H,20,22)/t13-,14-,15+/m1/s1. The molecule has 2 amide bonds. The maximum atomic E-state index is 12.8. The number of nitrogens with one attached hydrogen (secondary N) is 1. The molecule has 3 atom stereocenters. The summed E-state index contributed by atoms with van der Waals surface area (Å²) in [6.45, 7) is 5.40. The van der Waals surface area contributed by atoms with Gasteiger partial charge in [0.2, 0.25) is 0 Å². The van der Waals surface area contributed by atoms with Gasteiger partial charge in [-0.1, -0.05) is 0 Å². The second-order valence-corrected chi connectivity index (χ2v) is 6.94. The van der Waals surface area contributed by atoms with Gasteiger partial charge in [-0.05, 0) is 51.7 Å². The van der Waals surface area contributed by atoms with Crippen molar-refractivity contribution < 1.29 is 19.0 Å². The SMILES string of the molecule is COc1ccc2c(c1)N(C(=O)N[C@H](C)CC[C@@H]1CCCO1)C[C@@H](C)O2. The first-order valence-corrected chi connectivity index (χ1v) is 9.11. The van der Waals surface area contributed by atoms with E-state index in [9.17, 15) is 4.79 Å². The fourth-order valence-corrected chi connectivity index (χ4v) is 3.41. The summed E-state index contributed by atoms with van der Waals surface area (Å²) in [6.07, 6.45) is 4.50. The molecule has 0 unspecified atom stereocenters. The molecular weight excluding hydrogens is 320 g/mol. The Labute approximate surface area is 149 Å². The van der Waals surface area contributed by atoms with Gasteiger partial charge in [0.1, 0.15) is 17.6 Å². The number of ether oxygens (including phenoxy) is 3. The molecule has 138 valence electrons. The molecule has 25 heavy (non-hydrogen) atoms. The van der Waals surface area contributed by atoms with Crippen molar-refractivity contribution in [2.45, 2.75) is 57.8 Å². The number of urea groups is 1. The molecule has 1 saturated heterocycles. The third-order valence-electron chi connectivity index (χ3n) is 4.79.